The largest absolute Gasteiger partial charge is 1.00 e. The zero-order chi connectivity index (χ0) is 23.5. The van der Waals surface area contributed by atoms with Gasteiger partial charge in [-0.25, -0.2) is 8.42 Å². The predicted molar refractivity (Wildman–Crippen MR) is 122 cm³/mol. The van der Waals surface area contributed by atoms with E-state index >= 15 is 0 Å². The summed E-state index contributed by atoms with van der Waals surface area (Å²) in [4.78, 5) is 11.9. The molecule has 0 aliphatic carbocycles. The van der Waals surface area contributed by atoms with E-state index in [1.807, 2.05) is 0 Å². The summed E-state index contributed by atoms with van der Waals surface area (Å²) in [6.45, 7) is 10.5. The predicted octanol–water partition coefficient (Wildman–Crippen LogP) is 1.91. The second-order valence-corrected chi connectivity index (χ2v) is 10.3. The Morgan fingerprint density at radius 3 is 2.28 bits per heavy atom. The van der Waals surface area contributed by atoms with Crippen molar-refractivity contribution in [3.8, 4) is 0 Å². The fourth-order valence-corrected chi connectivity index (χ4v) is 3.46. The number of carbonyl (C=O) groups excluding carboxylic acids is 1. The molecular weight excluding hydrogens is 439 g/mol. The molecule has 0 saturated heterocycles. The molecule has 0 radical (unpaired) electrons. The number of rotatable bonds is 13. The Balaban J connectivity index is 0.00000961. The van der Waals surface area contributed by atoms with Crippen molar-refractivity contribution < 1.29 is 56.8 Å². The van der Waals surface area contributed by atoms with Gasteiger partial charge in [0.1, 0.15) is 22.7 Å². The molecule has 176 valence electrons. The normalized spacial score (nSPS) is 14.1. The minimum atomic E-state index is -4.41. The van der Waals surface area contributed by atoms with Crippen LogP contribution in [0.5, 0.6) is 0 Å². The molecule has 2 unspecified atom stereocenters. The maximum Gasteiger partial charge on any atom is 1.00 e. The Morgan fingerprint density at radius 2 is 1.75 bits per heavy atom. The Morgan fingerprint density at radius 1 is 1.12 bits per heavy atom. The van der Waals surface area contributed by atoms with Crippen molar-refractivity contribution in [2.45, 2.75) is 71.6 Å². The van der Waals surface area contributed by atoms with Gasteiger partial charge in [-0.3, -0.25) is 4.79 Å². The van der Waals surface area contributed by atoms with Crippen LogP contribution in [-0.4, -0.2) is 38.1 Å². The molecule has 0 bridgehead atoms. The van der Waals surface area contributed by atoms with Crippen LogP contribution in [0.4, 0.5) is 0 Å². The van der Waals surface area contributed by atoms with Gasteiger partial charge < -0.3 is 14.0 Å². The smallest absolute Gasteiger partial charge is 0.746 e. The van der Waals surface area contributed by atoms with Gasteiger partial charge in [-0.15, -0.1) is 0 Å². The third-order valence-electron chi connectivity index (χ3n) is 5.20. The Bertz CT molecular complexity index is 797. The molecule has 0 N–H and O–H groups in total. The first-order valence-corrected chi connectivity index (χ1v) is 12.4. The summed E-state index contributed by atoms with van der Waals surface area (Å²) >= 11 is 0. The summed E-state index contributed by atoms with van der Waals surface area (Å²) in [6, 6.07) is 8.91. The summed E-state index contributed by atoms with van der Waals surface area (Å²) in [6.07, 6.45) is 7.77. The van der Waals surface area contributed by atoms with Crippen LogP contribution >= 0.6 is 0 Å². The van der Waals surface area contributed by atoms with Crippen molar-refractivity contribution in [2.24, 2.45) is 5.92 Å². The zero-order valence-electron chi connectivity index (χ0n) is 20.4. The summed E-state index contributed by atoms with van der Waals surface area (Å²) < 4.78 is 40.9. The number of carbonyl (C=O) groups is 1. The van der Waals surface area contributed by atoms with Crippen LogP contribution in [0.15, 0.2) is 36.4 Å². The van der Waals surface area contributed by atoms with Gasteiger partial charge in [0.15, 0.2) is 0 Å². The molecule has 0 amide bonds. The van der Waals surface area contributed by atoms with Gasteiger partial charge in [-0.2, -0.15) is 0 Å². The van der Waals surface area contributed by atoms with Gasteiger partial charge in [0.25, 0.3) is 0 Å². The number of ether oxygens (including phenoxy) is 2. The number of hydrogen-bond acceptors (Lipinski definition) is 6. The van der Waals surface area contributed by atoms with Crippen LogP contribution in [0, 0.1) is 5.92 Å². The second-order valence-electron chi connectivity index (χ2n) is 8.91. The summed E-state index contributed by atoms with van der Waals surface area (Å²) in [5.74, 6) is -1.05. The maximum absolute atomic E-state index is 11.9. The number of benzene rings is 1. The van der Waals surface area contributed by atoms with Crippen LogP contribution in [0.2, 0.25) is 0 Å². The molecule has 8 heteroatoms. The van der Waals surface area contributed by atoms with E-state index in [0.717, 1.165) is 19.3 Å². The van der Waals surface area contributed by atoms with Crippen LogP contribution < -0.4 is 29.6 Å². The van der Waals surface area contributed by atoms with E-state index in [1.165, 1.54) is 11.1 Å². The molecule has 0 spiro atoms. The molecule has 2 atom stereocenters. The summed E-state index contributed by atoms with van der Waals surface area (Å²) in [5.41, 5.74) is 2.84. The molecule has 1 aromatic rings. The van der Waals surface area contributed by atoms with Crippen molar-refractivity contribution in [1.29, 1.82) is 0 Å². The van der Waals surface area contributed by atoms with Crippen LogP contribution in [-0.2, 0) is 29.8 Å². The molecule has 0 heterocycles. The molecule has 0 aliphatic heterocycles. The van der Waals surface area contributed by atoms with Gasteiger partial charge in [-0.1, -0.05) is 71.0 Å². The molecular formula is C24H37NaO6S. The number of allylic oxidation sites excluding steroid dienone is 2. The minimum absolute atomic E-state index is 0. The van der Waals surface area contributed by atoms with E-state index in [1.54, 1.807) is 6.92 Å². The number of esters is 1. The van der Waals surface area contributed by atoms with Gasteiger partial charge in [-0.05, 0) is 48.1 Å². The van der Waals surface area contributed by atoms with E-state index in [-0.39, 0.29) is 60.1 Å². The van der Waals surface area contributed by atoms with Gasteiger partial charge in [0, 0.05) is 0 Å². The first-order valence-electron chi connectivity index (χ1n) is 10.9. The van der Waals surface area contributed by atoms with Crippen molar-refractivity contribution in [3.63, 3.8) is 0 Å². The molecule has 0 saturated carbocycles. The van der Waals surface area contributed by atoms with E-state index in [0.29, 0.717) is 12.3 Å². The standard InChI is InChI=1S/C24H38O6S.Na/c1-6-20(21-12-14-22(15-13-21)24(3,4)5)11-9-7-8-10-19(2)23(25)30-17-16-29-18-31(26,27)28;/h7,9,12-15,19-20H,6,8,10-11,16-18H2,1-5H3,(H,26,27,28);/q;+1/p-1. The summed E-state index contributed by atoms with van der Waals surface area (Å²) in [7, 11) is -4.41. The first-order chi connectivity index (χ1) is 14.4. The molecule has 32 heavy (non-hydrogen) atoms. The SMILES string of the molecule is CCC(CC=CCCC(C)C(=O)OCCOCS(=O)(=O)[O-])c1ccc(C(C)(C)C)cc1.[Na+]. The van der Waals surface area contributed by atoms with Gasteiger partial charge in [0.2, 0.25) is 0 Å². The molecule has 1 aromatic carbocycles. The van der Waals surface area contributed by atoms with Crippen LogP contribution in [0.25, 0.3) is 0 Å². The number of hydrogen-bond donors (Lipinski definition) is 0. The molecule has 0 aromatic heterocycles. The monoisotopic (exact) mass is 476 g/mol. The molecule has 6 nitrogen and oxygen atoms in total. The third-order valence-corrected chi connectivity index (χ3v) is 5.65. The fraction of sp³-hybridized carbons (Fsp3) is 0.625. The van der Waals surface area contributed by atoms with Crippen molar-refractivity contribution in [1.82, 2.24) is 0 Å². The Labute approximate surface area is 216 Å². The molecule has 0 aliphatic rings. The topological polar surface area (TPSA) is 92.7 Å². The van der Waals surface area contributed by atoms with Crippen LogP contribution in [0.3, 0.4) is 0 Å². The van der Waals surface area contributed by atoms with Gasteiger partial charge >= 0.3 is 35.5 Å². The quantitative estimate of drug-likeness (QED) is 0.142. The minimum Gasteiger partial charge on any atom is -0.746 e. The van der Waals surface area contributed by atoms with Gasteiger partial charge in [0.05, 0.1) is 12.5 Å². The average molecular weight is 477 g/mol. The zero-order valence-corrected chi connectivity index (χ0v) is 23.2. The summed E-state index contributed by atoms with van der Waals surface area (Å²) in [5, 5.41) is 0. The van der Waals surface area contributed by atoms with E-state index in [2.05, 4.69) is 68.8 Å². The Hall–Kier alpha value is -0.700. The van der Waals surface area contributed by atoms with E-state index in [4.69, 9.17) is 4.74 Å². The van der Waals surface area contributed by atoms with Crippen molar-refractivity contribution >= 4 is 16.1 Å². The van der Waals surface area contributed by atoms with E-state index in [9.17, 15) is 17.8 Å². The molecule has 1 rings (SSSR count). The molecule has 0 fully saturated rings. The van der Waals surface area contributed by atoms with Crippen molar-refractivity contribution in [2.75, 3.05) is 19.2 Å². The third kappa shape index (κ3) is 13.1. The van der Waals surface area contributed by atoms with Crippen LogP contribution in [0.1, 0.15) is 77.3 Å². The van der Waals surface area contributed by atoms with Crippen molar-refractivity contribution in [3.05, 3.63) is 47.5 Å². The first kappa shape index (κ1) is 31.3. The Kier molecular flexibility index (Phi) is 14.9. The fourth-order valence-electron chi connectivity index (χ4n) is 3.14. The average Bonchev–Trinajstić information content (AvgIpc) is 2.68. The second kappa shape index (κ2) is 15.3. The van der Waals surface area contributed by atoms with E-state index < -0.39 is 16.1 Å². The maximum atomic E-state index is 11.9.